The molecule has 1 aromatic carbocycles. The monoisotopic (exact) mass is 309 g/mol. The molecule has 3 aromatic rings. The van der Waals surface area contributed by atoms with Crippen molar-refractivity contribution in [2.24, 2.45) is 0 Å². The Kier molecular flexibility index (Phi) is 3.09. The Hall–Kier alpha value is -1.36. The number of nitrogens with zero attached hydrogens (tertiary/aromatic N) is 2. The number of rotatable bonds is 1. The molecule has 0 bridgehead atoms. The predicted octanol–water partition coefficient (Wildman–Crippen LogP) is 4.70. The summed E-state index contributed by atoms with van der Waals surface area (Å²) in [6, 6.07) is 7.38. The van der Waals surface area contributed by atoms with Crippen molar-refractivity contribution in [3.63, 3.8) is 0 Å². The van der Waals surface area contributed by atoms with E-state index in [9.17, 15) is 0 Å². The molecule has 0 spiro atoms. The van der Waals surface area contributed by atoms with E-state index in [2.05, 4.69) is 9.97 Å². The van der Waals surface area contributed by atoms with Crippen LogP contribution in [0.1, 0.15) is 5.56 Å². The Morgan fingerprint density at radius 1 is 1.21 bits per heavy atom. The molecule has 0 fully saturated rings. The van der Waals surface area contributed by atoms with Gasteiger partial charge in [0.05, 0.1) is 21.2 Å². The lowest BCUT2D eigenvalue weighted by Crippen LogP contribution is -1.95. The van der Waals surface area contributed by atoms with Crippen molar-refractivity contribution in [1.29, 1.82) is 0 Å². The summed E-state index contributed by atoms with van der Waals surface area (Å²) in [6.45, 7) is 1.99. The molecule has 0 saturated carbocycles. The van der Waals surface area contributed by atoms with E-state index < -0.39 is 0 Å². The summed E-state index contributed by atoms with van der Waals surface area (Å²) < 4.78 is 2.42. The second kappa shape index (κ2) is 4.63. The van der Waals surface area contributed by atoms with E-state index in [-0.39, 0.29) is 0 Å². The zero-order valence-corrected chi connectivity index (χ0v) is 12.3. The Morgan fingerprint density at radius 3 is 2.74 bits per heavy atom. The number of benzene rings is 1. The maximum absolute atomic E-state index is 6.05. The van der Waals surface area contributed by atoms with Gasteiger partial charge < -0.3 is 4.98 Å². The number of fused-ring (bicyclic) bond motifs is 1. The first-order chi connectivity index (χ1) is 9.06. The number of aromatic nitrogens is 3. The van der Waals surface area contributed by atoms with Crippen molar-refractivity contribution in [1.82, 2.24) is 14.5 Å². The van der Waals surface area contributed by atoms with E-state index in [0.29, 0.717) is 14.8 Å². The molecular weight excluding hydrogens is 301 g/mol. The Bertz CT molecular complexity index is 836. The van der Waals surface area contributed by atoms with Crippen LogP contribution in [0.5, 0.6) is 0 Å². The molecule has 0 aliphatic heterocycles. The van der Waals surface area contributed by atoms with Gasteiger partial charge in [-0.2, -0.15) is 0 Å². The fourth-order valence-corrected chi connectivity index (χ4v) is 2.56. The topological polar surface area (TPSA) is 33.6 Å². The SMILES string of the molecule is Cc1cnc2c(c1)[nH]c(=S)n2-c1ccc(Cl)c(Cl)c1. The van der Waals surface area contributed by atoms with E-state index in [4.69, 9.17) is 35.4 Å². The van der Waals surface area contributed by atoms with Gasteiger partial charge in [0.2, 0.25) is 0 Å². The molecule has 96 valence electrons. The number of aryl methyl sites for hydroxylation is 1. The minimum Gasteiger partial charge on any atom is -0.329 e. The average Bonchev–Trinajstić information content (AvgIpc) is 2.68. The summed E-state index contributed by atoms with van der Waals surface area (Å²) in [5.41, 5.74) is 3.58. The van der Waals surface area contributed by atoms with Crippen molar-refractivity contribution < 1.29 is 0 Å². The van der Waals surface area contributed by atoms with Crippen LogP contribution in [0, 0.1) is 11.7 Å². The summed E-state index contributed by atoms with van der Waals surface area (Å²) in [4.78, 5) is 7.56. The standard InChI is InChI=1S/C13H9Cl2N3S/c1-7-4-11-12(16-6-7)18(13(19)17-11)8-2-3-9(14)10(15)5-8/h2-6H,1H3,(H,17,19). The highest BCUT2D eigenvalue weighted by Gasteiger charge is 2.09. The molecule has 3 rings (SSSR count). The normalized spacial score (nSPS) is 11.1. The second-order valence-corrected chi connectivity index (χ2v) is 5.45. The van der Waals surface area contributed by atoms with Gasteiger partial charge >= 0.3 is 0 Å². The van der Waals surface area contributed by atoms with Gasteiger partial charge in [-0.1, -0.05) is 23.2 Å². The number of pyridine rings is 1. The zero-order valence-electron chi connectivity index (χ0n) is 9.95. The van der Waals surface area contributed by atoms with Gasteiger partial charge in [-0.3, -0.25) is 4.57 Å². The molecule has 3 nitrogen and oxygen atoms in total. The smallest absolute Gasteiger partial charge is 0.183 e. The molecular formula is C13H9Cl2N3S. The molecule has 2 aromatic heterocycles. The molecule has 2 heterocycles. The van der Waals surface area contributed by atoms with Crippen LogP contribution < -0.4 is 0 Å². The maximum Gasteiger partial charge on any atom is 0.183 e. The summed E-state index contributed by atoms with van der Waals surface area (Å²) >= 11 is 17.3. The quantitative estimate of drug-likeness (QED) is 0.661. The van der Waals surface area contributed by atoms with Gasteiger partial charge in [0.25, 0.3) is 0 Å². The molecule has 0 atom stereocenters. The molecule has 0 aliphatic carbocycles. The first-order valence-corrected chi connectivity index (χ1v) is 6.75. The fraction of sp³-hybridized carbons (Fsp3) is 0.0769. The van der Waals surface area contributed by atoms with Crippen LogP contribution in [0.15, 0.2) is 30.5 Å². The lowest BCUT2D eigenvalue weighted by molar-refractivity contribution is 1.04. The summed E-state index contributed by atoms with van der Waals surface area (Å²) in [5, 5.41) is 1.00. The molecule has 19 heavy (non-hydrogen) atoms. The Morgan fingerprint density at radius 2 is 2.00 bits per heavy atom. The van der Waals surface area contributed by atoms with Crippen LogP contribution >= 0.6 is 35.4 Å². The lowest BCUT2D eigenvalue weighted by atomic mass is 10.3. The highest BCUT2D eigenvalue weighted by Crippen LogP contribution is 2.26. The van der Waals surface area contributed by atoms with E-state index in [1.807, 2.05) is 23.6 Å². The molecule has 0 saturated heterocycles. The highest BCUT2D eigenvalue weighted by molar-refractivity contribution is 7.71. The van der Waals surface area contributed by atoms with Gasteiger partial charge in [-0.25, -0.2) is 4.98 Å². The number of hydrogen-bond donors (Lipinski definition) is 1. The average molecular weight is 310 g/mol. The molecule has 6 heteroatoms. The van der Waals surface area contributed by atoms with Crippen molar-refractivity contribution in [2.45, 2.75) is 6.92 Å². The minimum atomic E-state index is 0.488. The van der Waals surface area contributed by atoms with Crippen LogP contribution in [-0.2, 0) is 0 Å². The molecule has 0 aliphatic rings. The van der Waals surface area contributed by atoms with Gasteiger partial charge in [0.1, 0.15) is 0 Å². The Labute approximate surface area is 124 Å². The largest absolute Gasteiger partial charge is 0.329 e. The van der Waals surface area contributed by atoms with Crippen LogP contribution in [0.4, 0.5) is 0 Å². The number of nitrogens with one attached hydrogen (secondary N) is 1. The summed E-state index contributed by atoms with van der Waals surface area (Å²) in [5.74, 6) is 0. The first kappa shape index (κ1) is 12.7. The number of halogens is 2. The summed E-state index contributed by atoms with van der Waals surface area (Å²) in [6.07, 6.45) is 1.80. The molecule has 0 amide bonds. The van der Waals surface area contributed by atoms with Crippen LogP contribution in [-0.4, -0.2) is 14.5 Å². The van der Waals surface area contributed by atoms with Crippen molar-refractivity contribution in [3.8, 4) is 5.69 Å². The van der Waals surface area contributed by atoms with Crippen molar-refractivity contribution >= 4 is 46.6 Å². The van der Waals surface area contributed by atoms with Crippen molar-refractivity contribution in [2.75, 3.05) is 0 Å². The maximum atomic E-state index is 6.05. The predicted molar refractivity (Wildman–Crippen MR) is 81.0 cm³/mol. The zero-order chi connectivity index (χ0) is 13.6. The first-order valence-electron chi connectivity index (χ1n) is 5.59. The van der Waals surface area contributed by atoms with E-state index in [0.717, 1.165) is 22.4 Å². The highest BCUT2D eigenvalue weighted by atomic mass is 35.5. The molecule has 1 N–H and O–H groups in total. The third-order valence-corrected chi connectivity index (χ3v) is 3.84. The molecule has 0 radical (unpaired) electrons. The molecule has 0 unspecified atom stereocenters. The van der Waals surface area contributed by atoms with Crippen LogP contribution in [0.2, 0.25) is 10.0 Å². The third kappa shape index (κ3) is 2.16. The van der Waals surface area contributed by atoms with Crippen LogP contribution in [0.25, 0.3) is 16.9 Å². The van der Waals surface area contributed by atoms with E-state index >= 15 is 0 Å². The van der Waals surface area contributed by atoms with Crippen LogP contribution in [0.3, 0.4) is 0 Å². The number of hydrogen-bond acceptors (Lipinski definition) is 2. The number of H-pyrrole nitrogens is 1. The third-order valence-electron chi connectivity index (χ3n) is 2.82. The number of imidazole rings is 1. The lowest BCUT2D eigenvalue weighted by Gasteiger charge is -2.05. The second-order valence-electron chi connectivity index (χ2n) is 4.25. The van der Waals surface area contributed by atoms with Gasteiger partial charge in [0.15, 0.2) is 10.4 Å². The minimum absolute atomic E-state index is 0.488. The van der Waals surface area contributed by atoms with Gasteiger partial charge in [-0.05, 0) is 49.0 Å². The van der Waals surface area contributed by atoms with Gasteiger partial charge in [-0.15, -0.1) is 0 Å². The Balaban J connectivity index is 2.32. The van der Waals surface area contributed by atoms with Crippen molar-refractivity contribution in [3.05, 3.63) is 50.8 Å². The van der Waals surface area contributed by atoms with E-state index in [1.54, 1.807) is 18.3 Å². The summed E-state index contributed by atoms with van der Waals surface area (Å²) in [7, 11) is 0. The fourth-order valence-electron chi connectivity index (χ4n) is 1.96. The number of aromatic amines is 1. The van der Waals surface area contributed by atoms with Gasteiger partial charge in [0, 0.05) is 6.20 Å². The van der Waals surface area contributed by atoms with E-state index in [1.165, 1.54) is 0 Å².